The summed E-state index contributed by atoms with van der Waals surface area (Å²) in [6, 6.07) is 10.5. The third-order valence-corrected chi connectivity index (χ3v) is 6.03. The Morgan fingerprint density at radius 1 is 1.22 bits per heavy atom. The molecule has 1 aliphatic heterocycles. The summed E-state index contributed by atoms with van der Waals surface area (Å²) in [7, 11) is 1.37. The molecule has 1 amide bonds. The van der Waals surface area contributed by atoms with Crippen molar-refractivity contribution in [1.29, 1.82) is 0 Å². The average Bonchev–Trinajstić information content (AvgIpc) is 2.91. The van der Waals surface area contributed by atoms with Gasteiger partial charge in [-0.05, 0) is 31.2 Å². The van der Waals surface area contributed by atoms with Crippen LogP contribution in [0.15, 0.2) is 42.6 Å². The highest BCUT2D eigenvalue weighted by atomic mass is 16.6. The summed E-state index contributed by atoms with van der Waals surface area (Å²) in [5, 5.41) is 12.8. The van der Waals surface area contributed by atoms with E-state index in [9.17, 15) is 14.7 Å². The molecular formula is C27H36N2O7. The summed E-state index contributed by atoms with van der Waals surface area (Å²) in [6.45, 7) is 6.71. The SMILES string of the molecule is COc1ccnc(C(=O)N[C@H]2COC[C@H](CCc3ccccc3)[C@@H](OCC(C)C)[C@H](C)OC2=O)c1O. The van der Waals surface area contributed by atoms with Crippen molar-refractivity contribution in [3.05, 3.63) is 53.9 Å². The van der Waals surface area contributed by atoms with E-state index in [-0.39, 0.29) is 30.1 Å². The molecule has 0 radical (unpaired) electrons. The van der Waals surface area contributed by atoms with Gasteiger partial charge in [0.25, 0.3) is 5.91 Å². The largest absolute Gasteiger partial charge is 0.503 e. The highest BCUT2D eigenvalue weighted by Crippen LogP contribution is 2.28. The minimum Gasteiger partial charge on any atom is -0.503 e. The molecule has 0 saturated carbocycles. The summed E-state index contributed by atoms with van der Waals surface area (Å²) < 4.78 is 22.9. The number of aryl methyl sites for hydroxylation is 1. The lowest BCUT2D eigenvalue weighted by Crippen LogP contribution is -2.46. The van der Waals surface area contributed by atoms with Crippen LogP contribution in [0.4, 0.5) is 0 Å². The maximum Gasteiger partial charge on any atom is 0.331 e. The molecule has 0 bridgehead atoms. The zero-order valence-electron chi connectivity index (χ0n) is 21.3. The van der Waals surface area contributed by atoms with Crippen molar-refractivity contribution in [3.63, 3.8) is 0 Å². The minimum absolute atomic E-state index is 0.0229. The first-order chi connectivity index (χ1) is 17.3. The second kappa shape index (κ2) is 13.2. The predicted molar refractivity (Wildman–Crippen MR) is 133 cm³/mol. The van der Waals surface area contributed by atoms with Gasteiger partial charge in [-0.25, -0.2) is 9.78 Å². The van der Waals surface area contributed by atoms with Crippen molar-refractivity contribution in [2.75, 3.05) is 26.9 Å². The summed E-state index contributed by atoms with van der Waals surface area (Å²) in [4.78, 5) is 29.7. The maximum absolute atomic E-state index is 13.0. The fourth-order valence-corrected chi connectivity index (χ4v) is 4.13. The van der Waals surface area contributed by atoms with Crippen molar-refractivity contribution in [3.8, 4) is 11.5 Å². The minimum atomic E-state index is -1.08. The lowest BCUT2D eigenvalue weighted by molar-refractivity contribution is -0.161. The number of nitrogens with one attached hydrogen (secondary N) is 1. The van der Waals surface area contributed by atoms with E-state index in [1.54, 1.807) is 6.92 Å². The number of rotatable bonds is 9. The number of hydrogen-bond donors (Lipinski definition) is 2. The smallest absolute Gasteiger partial charge is 0.331 e. The van der Waals surface area contributed by atoms with Crippen LogP contribution < -0.4 is 10.1 Å². The van der Waals surface area contributed by atoms with Crippen molar-refractivity contribution in [2.45, 2.75) is 51.9 Å². The van der Waals surface area contributed by atoms with E-state index in [0.717, 1.165) is 12.8 Å². The number of nitrogens with zero attached hydrogens (tertiary/aromatic N) is 1. The molecule has 2 aromatic rings. The van der Waals surface area contributed by atoms with Crippen LogP contribution in [0.3, 0.4) is 0 Å². The van der Waals surface area contributed by atoms with Gasteiger partial charge in [0.1, 0.15) is 6.10 Å². The summed E-state index contributed by atoms with van der Waals surface area (Å²) in [5.74, 6) is -1.40. The number of pyridine rings is 1. The molecule has 3 rings (SSSR count). The number of carbonyl (C=O) groups is 2. The van der Waals surface area contributed by atoms with Gasteiger partial charge in [-0.2, -0.15) is 0 Å². The zero-order chi connectivity index (χ0) is 26.1. The molecule has 1 aliphatic rings. The van der Waals surface area contributed by atoms with Gasteiger partial charge >= 0.3 is 5.97 Å². The molecule has 9 nitrogen and oxygen atoms in total. The van der Waals surface area contributed by atoms with Crippen LogP contribution in [0.2, 0.25) is 0 Å². The van der Waals surface area contributed by atoms with Crippen LogP contribution >= 0.6 is 0 Å². The highest BCUT2D eigenvalue weighted by Gasteiger charge is 2.36. The number of aromatic nitrogens is 1. The van der Waals surface area contributed by atoms with Crippen molar-refractivity contribution < 1.29 is 33.6 Å². The number of amides is 1. The zero-order valence-corrected chi connectivity index (χ0v) is 21.3. The van der Waals surface area contributed by atoms with E-state index in [1.165, 1.54) is 24.9 Å². The summed E-state index contributed by atoms with van der Waals surface area (Å²) in [5.41, 5.74) is 0.953. The van der Waals surface area contributed by atoms with E-state index in [0.29, 0.717) is 19.1 Å². The van der Waals surface area contributed by atoms with E-state index in [1.807, 2.05) is 18.2 Å². The Labute approximate surface area is 212 Å². The van der Waals surface area contributed by atoms with Gasteiger partial charge in [0.05, 0.1) is 26.4 Å². The molecule has 2 N–H and O–H groups in total. The molecule has 1 saturated heterocycles. The predicted octanol–water partition coefficient (Wildman–Crippen LogP) is 3.15. The number of aromatic hydroxyl groups is 1. The standard InChI is InChI=1S/C27H36N2O7/c1-17(2)14-35-25-18(3)36-27(32)21(29-26(31)23-24(30)22(33-4)12-13-28-23)16-34-15-20(25)11-10-19-8-6-5-7-9-19/h5-9,12-13,17-18,20-21,25,30H,10-11,14-16H2,1-4H3,(H,29,31)/t18-,20-,21-,25-/m0/s1. The van der Waals surface area contributed by atoms with Crippen molar-refractivity contribution in [2.24, 2.45) is 11.8 Å². The van der Waals surface area contributed by atoms with E-state index >= 15 is 0 Å². The molecule has 4 atom stereocenters. The fraction of sp³-hybridized carbons (Fsp3) is 0.519. The molecule has 196 valence electrons. The fourth-order valence-electron chi connectivity index (χ4n) is 4.13. The van der Waals surface area contributed by atoms with Gasteiger partial charge in [0, 0.05) is 24.8 Å². The van der Waals surface area contributed by atoms with Crippen LogP contribution in [0.5, 0.6) is 11.5 Å². The van der Waals surface area contributed by atoms with Crippen molar-refractivity contribution in [1.82, 2.24) is 10.3 Å². The Bertz CT molecular complexity index is 999. The topological polar surface area (TPSA) is 116 Å². The third-order valence-electron chi connectivity index (χ3n) is 6.03. The average molecular weight is 501 g/mol. The van der Waals surface area contributed by atoms with Gasteiger partial charge in [0.2, 0.25) is 0 Å². The first-order valence-electron chi connectivity index (χ1n) is 12.3. The number of esters is 1. The number of carbonyl (C=O) groups excluding carboxylic acids is 2. The van der Waals surface area contributed by atoms with Gasteiger partial charge in [-0.3, -0.25) is 4.79 Å². The first-order valence-corrected chi connectivity index (χ1v) is 12.3. The van der Waals surface area contributed by atoms with E-state index < -0.39 is 29.8 Å². The molecule has 0 spiro atoms. The molecule has 36 heavy (non-hydrogen) atoms. The van der Waals surface area contributed by atoms with Crippen LogP contribution in [-0.4, -0.2) is 67.1 Å². The van der Waals surface area contributed by atoms with Crippen LogP contribution in [-0.2, 0) is 25.4 Å². The molecule has 1 aromatic carbocycles. The van der Waals surface area contributed by atoms with Gasteiger partial charge in [-0.1, -0.05) is 44.2 Å². The van der Waals surface area contributed by atoms with Gasteiger partial charge in [-0.15, -0.1) is 0 Å². The second-order valence-corrected chi connectivity index (χ2v) is 9.39. The second-order valence-electron chi connectivity index (χ2n) is 9.39. The molecule has 1 aromatic heterocycles. The Balaban J connectivity index is 1.74. The Morgan fingerprint density at radius 2 is 1.97 bits per heavy atom. The monoisotopic (exact) mass is 500 g/mol. The quantitative estimate of drug-likeness (QED) is 0.505. The van der Waals surface area contributed by atoms with Crippen LogP contribution in [0.1, 0.15) is 43.2 Å². The normalized spacial score (nSPS) is 22.8. The molecule has 9 heteroatoms. The number of cyclic esters (lactones) is 1. The van der Waals surface area contributed by atoms with Gasteiger partial charge < -0.3 is 29.4 Å². The Morgan fingerprint density at radius 3 is 2.67 bits per heavy atom. The Hall–Kier alpha value is -3.17. The molecule has 0 aliphatic carbocycles. The number of methoxy groups -OCH3 is 1. The van der Waals surface area contributed by atoms with E-state index in [2.05, 4.69) is 36.3 Å². The van der Waals surface area contributed by atoms with Crippen LogP contribution in [0.25, 0.3) is 0 Å². The van der Waals surface area contributed by atoms with E-state index in [4.69, 9.17) is 18.9 Å². The molecule has 0 unspecified atom stereocenters. The van der Waals surface area contributed by atoms with Crippen LogP contribution in [0, 0.1) is 11.8 Å². The number of ether oxygens (including phenoxy) is 4. The molecular weight excluding hydrogens is 464 g/mol. The number of hydrogen-bond acceptors (Lipinski definition) is 8. The summed E-state index contributed by atoms with van der Waals surface area (Å²) in [6.07, 6.45) is 2.03. The Kier molecular flexibility index (Phi) is 10.1. The van der Waals surface area contributed by atoms with Gasteiger partial charge in [0.15, 0.2) is 23.2 Å². The highest BCUT2D eigenvalue weighted by molar-refractivity contribution is 5.98. The first kappa shape index (κ1) is 27.4. The molecule has 1 fully saturated rings. The molecule has 2 heterocycles. The number of benzene rings is 1. The van der Waals surface area contributed by atoms with Crippen molar-refractivity contribution >= 4 is 11.9 Å². The maximum atomic E-state index is 13.0. The lowest BCUT2D eigenvalue weighted by Gasteiger charge is -2.31. The third kappa shape index (κ3) is 7.41. The summed E-state index contributed by atoms with van der Waals surface area (Å²) >= 11 is 0. The lowest BCUT2D eigenvalue weighted by atomic mass is 9.92.